The zero-order valence-corrected chi connectivity index (χ0v) is 16.3. The highest BCUT2D eigenvalue weighted by Gasteiger charge is 2.45. The van der Waals surface area contributed by atoms with Gasteiger partial charge in [0, 0.05) is 5.75 Å². The van der Waals surface area contributed by atoms with Crippen molar-refractivity contribution in [1.82, 2.24) is 0 Å². The molecular formula is C22H24OPS+. The number of hydrogen-bond acceptors (Lipinski definition) is 2. The maximum Gasteiger partial charge on any atom is 0.171 e. The molecule has 3 heteroatoms. The smallest absolute Gasteiger partial charge is 0.171 e. The maximum atomic E-state index is 6.23. The summed E-state index contributed by atoms with van der Waals surface area (Å²) in [4.78, 5) is 0. The van der Waals surface area contributed by atoms with E-state index in [0.717, 1.165) is 18.7 Å². The second-order valence-corrected chi connectivity index (χ2v) is 10.3. The molecule has 0 N–H and O–H groups in total. The third-order valence-corrected chi connectivity index (χ3v) is 8.99. The summed E-state index contributed by atoms with van der Waals surface area (Å²) in [6.45, 7) is 0.787. The minimum Gasteiger partial charge on any atom is -0.344 e. The second-order valence-electron chi connectivity index (χ2n) is 5.85. The Bertz CT molecular complexity index is 650. The molecule has 0 heterocycles. The Hall–Kier alpha value is -1.60. The maximum absolute atomic E-state index is 6.23. The fourth-order valence-electron chi connectivity index (χ4n) is 3.06. The van der Waals surface area contributed by atoms with E-state index in [1.54, 1.807) is 0 Å². The van der Waals surface area contributed by atoms with Gasteiger partial charge < -0.3 is 4.74 Å². The molecule has 0 atom stereocenters. The average molecular weight is 367 g/mol. The van der Waals surface area contributed by atoms with Gasteiger partial charge in [-0.1, -0.05) is 54.6 Å². The number of hydrogen-bond donors (Lipinski definition) is 0. The molecule has 0 unspecified atom stereocenters. The van der Waals surface area contributed by atoms with E-state index < -0.39 is 7.26 Å². The van der Waals surface area contributed by atoms with Gasteiger partial charge in [0.15, 0.2) is 6.35 Å². The summed E-state index contributed by atoms with van der Waals surface area (Å²) < 4.78 is 6.23. The number of ether oxygens (including phenoxy) is 1. The normalized spacial score (nSPS) is 11.4. The minimum absolute atomic E-state index is 0.742. The molecule has 0 aliphatic carbocycles. The van der Waals surface area contributed by atoms with Crippen molar-refractivity contribution in [3.63, 3.8) is 0 Å². The highest BCUT2D eigenvalue weighted by Crippen LogP contribution is 2.55. The molecule has 3 aromatic carbocycles. The average Bonchev–Trinajstić information content (AvgIpc) is 2.70. The lowest BCUT2D eigenvalue weighted by molar-refractivity contribution is 0.199. The van der Waals surface area contributed by atoms with E-state index in [2.05, 4.69) is 97.3 Å². The van der Waals surface area contributed by atoms with Crippen LogP contribution < -0.4 is 15.9 Å². The zero-order chi connectivity index (χ0) is 17.4. The number of benzene rings is 3. The van der Waals surface area contributed by atoms with Crippen molar-refractivity contribution in [3.05, 3.63) is 91.0 Å². The summed E-state index contributed by atoms with van der Waals surface area (Å²) in [7, 11) is -1.82. The van der Waals surface area contributed by atoms with Crippen LogP contribution in [0.2, 0.25) is 0 Å². The van der Waals surface area contributed by atoms with E-state index >= 15 is 0 Å². The molecule has 3 rings (SSSR count). The zero-order valence-electron chi connectivity index (χ0n) is 14.5. The first-order chi connectivity index (χ1) is 12.4. The topological polar surface area (TPSA) is 9.23 Å². The van der Waals surface area contributed by atoms with Crippen molar-refractivity contribution in [2.75, 3.05) is 25.0 Å². The first-order valence-corrected chi connectivity index (χ1v) is 11.9. The lowest BCUT2D eigenvalue weighted by Crippen LogP contribution is -2.34. The van der Waals surface area contributed by atoms with Crippen molar-refractivity contribution in [2.24, 2.45) is 0 Å². The van der Waals surface area contributed by atoms with Crippen molar-refractivity contribution >= 4 is 34.9 Å². The lowest BCUT2D eigenvalue weighted by atomic mass is 10.4. The van der Waals surface area contributed by atoms with Gasteiger partial charge in [0.2, 0.25) is 0 Å². The molecule has 0 saturated heterocycles. The van der Waals surface area contributed by atoms with Gasteiger partial charge in [-0.2, -0.15) is 11.8 Å². The van der Waals surface area contributed by atoms with Crippen LogP contribution >= 0.6 is 19.0 Å². The van der Waals surface area contributed by atoms with E-state index in [1.165, 1.54) is 15.9 Å². The second kappa shape index (κ2) is 9.20. The molecule has 0 aliphatic rings. The van der Waals surface area contributed by atoms with E-state index in [-0.39, 0.29) is 0 Å². The molecular weight excluding hydrogens is 343 g/mol. The van der Waals surface area contributed by atoms with Gasteiger partial charge in [0.05, 0.1) is 6.61 Å². The Kier molecular flexibility index (Phi) is 6.69. The molecule has 0 fully saturated rings. The summed E-state index contributed by atoms with van der Waals surface area (Å²) in [6, 6.07) is 32.6. The highest BCUT2D eigenvalue weighted by atomic mass is 32.2. The Balaban J connectivity index is 2.13. The molecule has 128 valence electrons. The van der Waals surface area contributed by atoms with Crippen molar-refractivity contribution in [2.45, 2.75) is 0 Å². The fraction of sp³-hybridized carbons (Fsp3) is 0.182. The van der Waals surface area contributed by atoms with Crippen molar-refractivity contribution in [3.8, 4) is 0 Å². The highest BCUT2D eigenvalue weighted by molar-refractivity contribution is 7.98. The number of rotatable bonds is 8. The standard InChI is InChI=1S/C22H24OPS/c1-25-18-17-23-19-24(20-11-5-2-6-12-20,21-13-7-3-8-14-21)22-15-9-4-10-16-22/h2-16H,17-19H2,1H3/q+1. The van der Waals surface area contributed by atoms with E-state index in [1.807, 2.05) is 11.8 Å². The van der Waals surface area contributed by atoms with E-state index in [0.29, 0.717) is 0 Å². The summed E-state index contributed by atoms with van der Waals surface area (Å²) >= 11 is 1.83. The summed E-state index contributed by atoms with van der Waals surface area (Å²) in [5, 5.41) is 4.12. The first kappa shape index (κ1) is 18.2. The van der Waals surface area contributed by atoms with Crippen LogP contribution in [0.5, 0.6) is 0 Å². The monoisotopic (exact) mass is 367 g/mol. The van der Waals surface area contributed by atoms with Gasteiger partial charge in [-0.25, -0.2) is 0 Å². The Labute approximate surface area is 155 Å². The predicted molar refractivity (Wildman–Crippen MR) is 114 cm³/mol. The van der Waals surface area contributed by atoms with Gasteiger partial charge in [-0.3, -0.25) is 0 Å². The third-order valence-electron chi connectivity index (χ3n) is 4.31. The molecule has 0 aromatic heterocycles. The van der Waals surface area contributed by atoms with Gasteiger partial charge in [-0.15, -0.1) is 0 Å². The molecule has 25 heavy (non-hydrogen) atoms. The lowest BCUT2D eigenvalue weighted by Gasteiger charge is -2.27. The van der Waals surface area contributed by atoms with Crippen LogP contribution in [0.15, 0.2) is 91.0 Å². The van der Waals surface area contributed by atoms with Crippen LogP contribution in [-0.2, 0) is 4.74 Å². The van der Waals surface area contributed by atoms with E-state index in [4.69, 9.17) is 4.74 Å². The predicted octanol–water partition coefficient (Wildman–Crippen LogP) is 4.32. The molecule has 0 aliphatic heterocycles. The molecule has 1 nitrogen and oxygen atoms in total. The largest absolute Gasteiger partial charge is 0.344 e. The molecule has 3 aromatic rings. The van der Waals surface area contributed by atoms with Crippen LogP contribution in [0.3, 0.4) is 0 Å². The fourth-order valence-corrected chi connectivity index (χ4v) is 7.13. The third kappa shape index (κ3) is 4.15. The van der Waals surface area contributed by atoms with Gasteiger partial charge in [0.1, 0.15) is 23.2 Å². The Morgan fingerprint density at radius 1 is 0.680 bits per heavy atom. The van der Waals surface area contributed by atoms with Crippen LogP contribution in [0.4, 0.5) is 0 Å². The SMILES string of the molecule is CSCCOC[P+](c1ccccc1)(c1ccccc1)c1ccccc1. The van der Waals surface area contributed by atoms with Crippen LogP contribution in [-0.4, -0.2) is 25.0 Å². The Morgan fingerprint density at radius 3 is 1.44 bits per heavy atom. The quantitative estimate of drug-likeness (QED) is 0.433. The molecule has 0 amide bonds. The molecule has 0 spiro atoms. The van der Waals surface area contributed by atoms with Crippen molar-refractivity contribution in [1.29, 1.82) is 0 Å². The molecule has 0 bridgehead atoms. The Morgan fingerprint density at radius 2 is 1.08 bits per heavy atom. The number of thioether (sulfide) groups is 1. The van der Waals surface area contributed by atoms with Gasteiger partial charge in [0.25, 0.3) is 0 Å². The van der Waals surface area contributed by atoms with Gasteiger partial charge in [-0.05, 0) is 42.7 Å². The van der Waals surface area contributed by atoms with Crippen molar-refractivity contribution < 1.29 is 4.74 Å². The first-order valence-electron chi connectivity index (χ1n) is 8.49. The minimum atomic E-state index is -1.82. The molecule has 0 radical (unpaired) electrons. The molecule has 0 saturated carbocycles. The van der Waals surface area contributed by atoms with Crippen LogP contribution in [0, 0.1) is 0 Å². The van der Waals surface area contributed by atoms with Crippen LogP contribution in [0.25, 0.3) is 0 Å². The summed E-state index contributed by atoms with van der Waals surface area (Å²) in [5.41, 5.74) is 0. The van der Waals surface area contributed by atoms with E-state index in [9.17, 15) is 0 Å². The van der Waals surface area contributed by atoms with Crippen LogP contribution in [0.1, 0.15) is 0 Å². The summed E-state index contributed by atoms with van der Waals surface area (Å²) in [6.07, 6.45) is 2.86. The summed E-state index contributed by atoms with van der Waals surface area (Å²) in [5.74, 6) is 1.03. The van der Waals surface area contributed by atoms with Gasteiger partial charge >= 0.3 is 0 Å².